The second kappa shape index (κ2) is 8.02. The topological polar surface area (TPSA) is 93.5 Å². The quantitative estimate of drug-likeness (QED) is 0.803. The minimum atomic E-state index is -3.05. The zero-order valence-electron chi connectivity index (χ0n) is 14.5. The lowest BCUT2D eigenvalue weighted by molar-refractivity contribution is 0.220. The third-order valence-corrected chi connectivity index (χ3v) is 4.42. The van der Waals surface area contributed by atoms with Crippen molar-refractivity contribution in [2.45, 2.75) is 13.1 Å². The number of carbonyl (C=O) groups excluding carboxylic acids is 1. The third-order valence-electron chi connectivity index (χ3n) is 3.49. The van der Waals surface area contributed by atoms with Gasteiger partial charge in [-0.05, 0) is 17.7 Å². The molecule has 0 radical (unpaired) electrons. The first kappa shape index (κ1) is 18.8. The van der Waals surface area contributed by atoms with Crippen molar-refractivity contribution in [1.29, 1.82) is 0 Å². The number of nitrogens with zero attached hydrogens (tertiary/aromatic N) is 3. The molecule has 0 aliphatic heterocycles. The number of hydrogen-bond acceptors (Lipinski definition) is 5. The monoisotopic (exact) mass is 366 g/mol. The number of anilines is 1. The zero-order valence-corrected chi connectivity index (χ0v) is 15.3. The summed E-state index contributed by atoms with van der Waals surface area (Å²) in [5.74, 6) is 1.13. The van der Waals surface area contributed by atoms with Crippen LogP contribution in [0.5, 0.6) is 5.75 Å². The molecular formula is C16H22N4O4S. The Morgan fingerprint density at radius 1 is 1.28 bits per heavy atom. The second-order valence-corrected chi connectivity index (χ2v) is 7.99. The first-order valence-corrected chi connectivity index (χ1v) is 9.69. The van der Waals surface area contributed by atoms with Crippen molar-refractivity contribution in [2.75, 3.05) is 31.5 Å². The number of carbonyl (C=O) groups is 1. The Morgan fingerprint density at radius 3 is 2.56 bits per heavy atom. The Balaban J connectivity index is 1.89. The highest BCUT2D eigenvalue weighted by molar-refractivity contribution is 7.90. The minimum absolute atomic E-state index is 0.000557. The van der Waals surface area contributed by atoms with Crippen molar-refractivity contribution in [3.05, 3.63) is 42.1 Å². The molecular weight excluding hydrogens is 344 g/mol. The van der Waals surface area contributed by atoms with Crippen LogP contribution in [0.2, 0.25) is 0 Å². The van der Waals surface area contributed by atoms with Gasteiger partial charge in [-0.15, -0.1) is 0 Å². The number of methoxy groups -OCH3 is 1. The minimum Gasteiger partial charge on any atom is -0.497 e. The largest absolute Gasteiger partial charge is 0.497 e. The molecule has 9 heteroatoms. The molecule has 136 valence electrons. The maximum atomic E-state index is 12.2. The molecule has 0 aliphatic carbocycles. The second-order valence-electron chi connectivity index (χ2n) is 5.73. The summed E-state index contributed by atoms with van der Waals surface area (Å²) in [6, 6.07) is 8.78. The average Bonchev–Trinajstić information content (AvgIpc) is 3.00. The summed E-state index contributed by atoms with van der Waals surface area (Å²) in [6.45, 7) is 0.682. The van der Waals surface area contributed by atoms with E-state index < -0.39 is 9.84 Å². The van der Waals surface area contributed by atoms with E-state index in [9.17, 15) is 13.2 Å². The van der Waals surface area contributed by atoms with Crippen LogP contribution in [0, 0.1) is 0 Å². The fraction of sp³-hybridized carbons (Fsp3) is 0.375. The molecule has 0 saturated carbocycles. The summed E-state index contributed by atoms with van der Waals surface area (Å²) in [5.41, 5.74) is 0.970. The molecule has 0 fully saturated rings. The number of sulfone groups is 1. The number of benzene rings is 1. The highest BCUT2D eigenvalue weighted by atomic mass is 32.2. The van der Waals surface area contributed by atoms with Crippen LogP contribution in [-0.4, -0.2) is 55.3 Å². The fourth-order valence-electron chi connectivity index (χ4n) is 2.09. The van der Waals surface area contributed by atoms with Gasteiger partial charge in [0.05, 0.1) is 19.4 Å². The van der Waals surface area contributed by atoms with Crippen molar-refractivity contribution < 1.29 is 17.9 Å². The van der Waals surface area contributed by atoms with Gasteiger partial charge in [0.2, 0.25) is 0 Å². The lowest BCUT2D eigenvalue weighted by Crippen LogP contribution is -2.31. The summed E-state index contributed by atoms with van der Waals surface area (Å²) < 4.78 is 28.9. The number of hydrogen-bond donors (Lipinski definition) is 1. The third kappa shape index (κ3) is 6.11. The molecule has 0 atom stereocenters. The summed E-state index contributed by atoms with van der Waals surface area (Å²) in [4.78, 5) is 13.7. The van der Waals surface area contributed by atoms with Gasteiger partial charge in [0.15, 0.2) is 5.82 Å². The summed E-state index contributed by atoms with van der Waals surface area (Å²) in [6.07, 6.45) is 2.80. The molecule has 1 heterocycles. The van der Waals surface area contributed by atoms with Crippen LogP contribution in [-0.2, 0) is 22.9 Å². The predicted octanol–water partition coefficient (Wildman–Crippen LogP) is 1.60. The van der Waals surface area contributed by atoms with E-state index in [1.165, 1.54) is 15.8 Å². The molecule has 8 nitrogen and oxygen atoms in total. The zero-order chi connectivity index (χ0) is 18.4. The van der Waals surface area contributed by atoms with E-state index in [2.05, 4.69) is 10.4 Å². The lowest BCUT2D eigenvalue weighted by atomic mass is 10.2. The lowest BCUT2D eigenvalue weighted by Gasteiger charge is -2.17. The standard InChI is InChI=1S/C16H22N4O4S/c1-19(12-13-4-6-14(24-2)7-5-13)16(21)17-15-8-9-20(18-15)10-11-25(3,22)23/h4-9H,10-12H2,1-3H3,(H,17,18,21). The predicted molar refractivity (Wildman–Crippen MR) is 95.4 cm³/mol. The van der Waals surface area contributed by atoms with Gasteiger partial charge in [-0.25, -0.2) is 13.2 Å². The highest BCUT2D eigenvalue weighted by Crippen LogP contribution is 2.13. The summed E-state index contributed by atoms with van der Waals surface area (Å²) in [7, 11) is 0.227. The maximum Gasteiger partial charge on any atom is 0.323 e. The summed E-state index contributed by atoms with van der Waals surface area (Å²) in [5, 5.41) is 6.83. The Kier molecular flexibility index (Phi) is 6.02. The Hall–Kier alpha value is -2.55. The van der Waals surface area contributed by atoms with E-state index in [4.69, 9.17) is 4.74 Å². The number of nitrogens with one attached hydrogen (secondary N) is 1. The molecule has 0 bridgehead atoms. The van der Waals surface area contributed by atoms with Gasteiger partial charge in [-0.3, -0.25) is 10.00 Å². The molecule has 25 heavy (non-hydrogen) atoms. The van der Waals surface area contributed by atoms with E-state index >= 15 is 0 Å². The molecule has 1 N–H and O–H groups in total. The van der Waals surface area contributed by atoms with Crippen LogP contribution < -0.4 is 10.1 Å². The van der Waals surface area contributed by atoms with Gasteiger partial charge in [0.25, 0.3) is 0 Å². The maximum absolute atomic E-state index is 12.2. The molecule has 0 saturated heterocycles. The van der Waals surface area contributed by atoms with Gasteiger partial charge < -0.3 is 9.64 Å². The number of aromatic nitrogens is 2. The van der Waals surface area contributed by atoms with Gasteiger partial charge in [-0.2, -0.15) is 5.10 Å². The van der Waals surface area contributed by atoms with E-state index in [0.717, 1.165) is 11.3 Å². The van der Waals surface area contributed by atoms with Crippen molar-refractivity contribution in [1.82, 2.24) is 14.7 Å². The smallest absolute Gasteiger partial charge is 0.323 e. The van der Waals surface area contributed by atoms with Crippen LogP contribution in [0.15, 0.2) is 36.5 Å². The van der Waals surface area contributed by atoms with Crippen LogP contribution in [0.3, 0.4) is 0 Å². The fourth-order valence-corrected chi connectivity index (χ4v) is 2.61. The van der Waals surface area contributed by atoms with Crippen molar-refractivity contribution in [3.63, 3.8) is 0 Å². The number of urea groups is 1. The van der Waals surface area contributed by atoms with E-state index in [1.807, 2.05) is 24.3 Å². The first-order valence-electron chi connectivity index (χ1n) is 7.63. The SMILES string of the molecule is COc1ccc(CN(C)C(=O)Nc2ccn(CCS(C)(=O)=O)n2)cc1. The molecule has 1 aromatic carbocycles. The molecule has 2 amide bonds. The van der Waals surface area contributed by atoms with E-state index in [-0.39, 0.29) is 18.3 Å². The molecule has 2 rings (SSSR count). The normalized spacial score (nSPS) is 11.2. The summed E-state index contributed by atoms with van der Waals surface area (Å²) >= 11 is 0. The van der Waals surface area contributed by atoms with Gasteiger partial charge in [0, 0.05) is 32.1 Å². The van der Waals surface area contributed by atoms with Crippen LogP contribution >= 0.6 is 0 Å². The molecule has 0 unspecified atom stereocenters. The first-order chi connectivity index (χ1) is 11.8. The van der Waals surface area contributed by atoms with Crippen molar-refractivity contribution in [2.24, 2.45) is 0 Å². The Labute approximate surface area is 147 Å². The van der Waals surface area contributed by atoms with Crippen molar-refractivity contribution in [3.8, 4) is 5.75 Å². The number of aryl methyl sites for hydroxylation is 1. The van der Waals surface area contributed by atoms with Crippen LogP contribution in [0.25, 0.3) is 0 Å². The van der Waals surface area contributed by atoms with Crippen LogP contribution in [0.1, 0.15) is 5.56 Å². The van der Waals surface area contributed by atoms with Gasteiger partial charge in [0.1, 0.15) is 15.6 Å². The van der Waals surface area contributed by atoms with Gasteiger partial charge in [-0.1, -0.05) is 12.1 Å². The highest BCUT2D eigenvalue weighted by Gasteiger charge is 2.11. The number of amides is 2. The molecule has 1 aromatic heterocycles. The Morgan fingerprint density at radius 2 is 1.96 bits per heavy atom. The molecule has 0 aliphatic rings. The van der Waals surface area contributed by atoms with E-state index in [0.29, 0.717) is 12.4 Å². The molecule has 0 spiro atoms. The van der Waals surface area contributed by atoms with Crippen molar-refractivity contribution >= 4 is 21.7 Å². The number of ether oxygens (including phenoxy) is 1. The Bertz CT molecular complexity index is 815. The van der Waals surface area contributed by atoms with E-state index in [1.54, 1.807) is 26.4 Å². The van der Waals surface area contributed by atoms with Crippen LogP contribution in [0.4, 0.5) is 10.6 Å². The van der Waals surface area contributed by atoms with Gasteiger partial charge >= 0.3 is 6.03 Å². The average molecular weight is 366 g/mol. The molecule has 2 aromatic rings. The number of rotatable bonds is 7.